The zero-order valence-electron chi connectivity index (χ0n) is 15.8. The molecule has 1 aliphatic rings. The van der Waals surface area contributed by atoms with Gasteiger partial charge in [-0.05, 0) is 28.8 Å². The number of hydrogen-bond acceptors (Lipinski definition) is 4. The number of carbonyl (C=O) groups is 1. The Hall–Kier alpha value is -3.93. The van der Waals surface area contributed by atoms with E-state index in [4.69, 9.17) is 10.8 Å². The Labute approximate surface area is 169 Å². The van der Waals surface area contributed by atoms with Gasteiger partial charge < -0.3 is 5.73 Å². The molecule has 0 fully saturated rings. The molecular weight excluding hydrogens is 362 g/mol. The molecule has 1 unspecified atom stereocenters. The van der Waals surface area contributed by atoms with E-state index in [0.29, 0.717) is 0 Å². The summed E-state index contributed by atoms with van der Waals surface area (Å²) in [4.78, 5) is 10.7. The Balaban J connectivity index is 1.63. The monoisotopic (exact) mass is 383 g/mol. The van der Waals surface area contributed by atoms with E-state index in [1.807, 2.05) is 48.5 Å². The highest BCUT2D eigenvalue weighted by Crippen LogP contribution is 2.36. The molecule has 29 heavy (non-hydrogen) atoms. The van der Waals surface area contributed by atoms with Crippen LogP contribution in [-0.2, 0) is 0 Å². The van der Waals surface area contributed by atoms with Crippen molar-refractivity contribution >= 4 is 23.6 Å². The van der Waals surface area contributed by atoms with Gasteiger partial charge >= 0.3 is 6.03 Å². The number of nitrogens with one attached hydrogen (secondary N) is 1. The number of nitrogens with zero attached hydrogens (tertiary/aromatic N) is 3. The van der Waals surface area contributed by atoms with Gasteiger partial charge in [0.05, 0.1) is 23.7 Å². The first-order valence-electron chi connectivity index (χ1n) is 9.36. The van der Waals surface area contributed by atoms with Gasteiger partial charge in [0.1, 0.15) is 0 Å². The summed E-state index contributed by atoms with van der Waals surface area (Å²) in [6, 6.07) is 28.0. The maximum absolute atomic E-state index is 10.7. The molecule has 6 nitrogen and oxygen atoms in total. The molecule has 0 aliphatic carbocycles. The van der Waals surface area contributed by atoms with E-state index in [9.17, 15) is 4.79 Å². The molecule has 144 valence electrons. The molecule has 1 atom stereocenters. The normalized spacial score (nSPS) is 16.1. The zero-order chi connectivity index (χ0) is 20.1. The van der Waals surface area contributed by atoms with Gasteiger partial charge in [0.25, 0.3) is 0 Å². The minimum Gasteiger partial charge on any atom is -0.350 e. The number of anilines is 1. The maximum Gasteiger partial charge on any atom is 0.332 e. The summed E-state index contributed by atoms with van der Waals surface area (Å²) in [7, 11) is 0. The van der Waals surface area contributed by atoms with Crippen LogP contribution in [0.2, 0.25) is 0 Å². The number of urea groups is 1. The number of benzene rings is 3. The highest BCUT2D eigenvalue weighted by molar-refractivity contribution is 6.03. The highest BCUT2D eigenvalue weighted by atomic mass is 16.2. The smallest absolute Gasteiger partial charge is 0.332 e. The first kappa shape index (κ1) is 18.4. The number of hydrazone groups is 2. The van der Waals surface area contributed by atoms with Gasteiger partial charge in [0.2, 0.25) is 0 Å². The first-order valence-corrected chi connectivity index (χ1v) is 9.36. The zero-order valence-corrected chi connectivity index (χ0v) is 15.8. The Bertz CT molecular complexity index is 1030. The lowest BCUT2D eigenvalue weighted by Crippen LogP contribution is -2.24. The lowest BCUT2D eigenvalue weighted by Gasteiger charge is -2.24. The van der Waals surface area contributed by atoms with Crippen molar-refractivity contribution in [2.75, 3.05) is 5.01 Å². The fraction of sp³-hybridized carbons (Fsp3) is 0.0870. The molecule has 2 amide bonds. The summed E-state index contributed by atoms with van der Waals surface area (Å²) in [6.07, 6.45) is 2.38. The third-order valence-electron chi connectivity index (χ3n) is 4.75. The summed E-state index contributed by atoms with van der Waals surface area (Å²) in [5, 5.41) is 10.8. The van der Waals surface area contributed by atoms with E-state index in [1.54, 1.807) is 6.21 Å². The van der Waals surface area contributed by atoms with Gasteiger partial charge in [-0.25, -0.2) is 10.2 Å². The van der Waals surface area contributed by atoms with Crippen molar-refractivity contribution in [2.45, 2.75) is 12.5 Å². The van der Waals surface area contributed by atoms with Gasteiger partial charge in [0, 0.05) is 6.42 Å². The molecule has 1 heterocycles. The van der Waals surface area contributed by atoms with Crippen LogP contribution in [0.3, 0.4) is 0 Å². The Morgan fingerprint density at radius 1 is 1.00 bits per heavy atom. The van der Waals surface area contributed by atoms with Crippen LogP contribution in [0, 0.1) is 0 Å². The molecule has 0 aromatic heterocycles. The standard InChI is InChI=1S/C23H21N5O/c24-23(29)26-25-16-17-11-13-20(14-12-17)28-22(19-9-5-2-6-10-19)15-21(27-28)18-7-3-1-4-8-18/h1-14,16,22H,15H2,(H3,24,26,29)/b25-16+. The second-order valence-electron chi connectivity index (χ2n) is 6.71. The van der Waals surface area contributed by atoms with E-state index < -0.39 is 6.03 Å². The van der Waals surface area contributed by atoms with Crippen molar-refractivity contribution < 1.29 is 4.79 Å². The SMILES string of the molecule is NC(=O)N/N=C/c1ccc(N2N=C(c3ccccc3)CC2c2ccccc2)cc1. The second kappa shape index (κ2) is 8.39. The Kier molecular flexibility index (Phi) is 5.33. The van der Waals surface area contributed by atoms with Crippen LogP contribution in [0.1, 0.15) is 29.2 Å². The topological polar surface area (TPSA) is 83.1 Å². The average molecular weight is 383 g/mol. The summed E-state index contributed by atoms with van der Waals surface area (Å²) >= 11 is 0. The largest absolute Gasteiger partial charge is 0.350 e. The van der Waals surface area contributed by atoms with E-state index in [0.717, 1.165) is 28.9 Å². The van der Waals surface area contributed by atoms with Crippen molar-refractivity contribution in [3.8, 4) is 0 Å². The third-order valence-corrected chi connectivity index (χ3v) is 4.75. The fourth-order valence-electron chi connectivity index (χ4n) is 3.37. The number of amides is 2. The lowest BCUT2D eigenvalue weighted by atomic mass is 9.98. The number of nitrogens with two attached hydrogens (primary N) is 1. The van der Waals surface area contributed by atoms with Crippen molar-refractivity contribution in [3.63, 3.8) is 0 Å². The minimum atomic E-state index is -0.691. The van der Waals surface area contributed by atoms with E-state index in [2.05, 4.69) is 51.9 Å². The molecule has 3 aromatic carbocycles. The van der Waals surface area contributed by atoms with Crippen LogP contribution in [0.15, 0.2) is 95.1 Å². The lowest BCUT2D eigenvalue weighted by molar-refractivity contribution is 0.249. The van der Waals surface area contributed by atoms with Crippen LogP contribution in [0.25, 0.3) is 0 Å². The van der Waals surface area contributed by atoms with Crippen molar-refractivity contribution in [3.05, 3.63) is 102 Å². The number of primary amides is 1. The molecule has 1 aliphatic heterocycles. The number of carbonyl (C=O) groups excluding carboxylic acids is 1. The molecule has 4 rings (SSSR count). The van der Waals surface area contributed by atoms with Crippen LogP contribution < -0.4 is 16.2 Å². The predicted octanol–water partition coefficient (Wildman–Crippen LogP) is 4.04. The Morgan fingerprint density at radius 3 is 2.31 bits per heavy atom. The molecule has 0 radical (unpaired) electrons. The molecule has 0 saturated heterocycles. The predicted molar refractivity (Wildman–Crippen MR) is 116 cm³/mol. The van der Waals surface area contributed by atoms with Gasteiger partial charge in [0.15, 0.2) is 0 Å². The van der Waals surface area contributed by atoms with Gasteiger partial charge in [-0.1, -0.05) is 72.8 Å². The van der Waals surface area contributed by atoms with Crippen LogP contribution in [0.4, 0.5) is 10.5 Å². The second-order valence-corrected chi connectivity index (χ2v) is 6.71. The van der Waals surface area contributed by atoms with Gasteiger partial charge in [-0.15, -0.1) is 0 Å². The molecule has 0 spiro atoms. The number of rotatable bonds is 5. The maximum atomic E-state index is 10.7. The summed E-state index contributed by atoms with van der Waals surface area (Å²) in [5.41, 5.74) is 12.5. The highest BCUT2D eigenvalue weighted by Gasteiger charge is 2.29. The third kappa shape index (κ3) is 4.32. The van der Waals surface area contributed by atoms with E-state index in [1.165, 1.54) is 5.56 Å². The van der Waals surface area contributed by atoms with Crippen molar-refractivity contribution in [1.29, 1.82) is 0 Å². The van der Waals surface area contributed by atoms with Crippen molar-refractivity contribution in [2.24, 2.45) is 15.9 Å². The van der Waals surface area contributed by atoms with E-state index in [-0.39, 0.29) is 6.04 Å². The van der Waals surface area contributed by atoms with Gasteiger partial charge in [-0.3, -0.25) is 5.01 Å². The van der Waals surface area contributed by atoms with Crippen LogP contribution in [0.5, 0.6) is 0 Å². The molecule has 0 bridgehead atoms. The summed E-state index contributed by atoms with van der Waals surface area (Å²) in [5.74, 6) is 0. The van der Waals surface area contributed by atoms with E-state index >= 15 is 0 Å². The molecule has 0 saturated carbocycles. The van der Waals surface area contributed by atoms with Crippen LogP contribution >= 0.6 is 0 Å². The quantitative estimate of drug-likeness (QED) is 0.515. The van der Waals surface area contributed by atoms with Crippen molar-refractivity contribution in [1.82, 2.24) is 5.43 Å². The van der Waals surface area contributed by atoms with Gasteiger partial charge in [-0.2, -0.15) is 10.2 Å². The Morgan fingerprint density at radius 2 is 1.66 bits per heavy atom. The first-order chi connectivity index (χ1) is 14.2. The average Bonchev–Trinajstić information content (AvgIpc) is 3.21. The van der Waals surface area contributed by atoms with Crippen LogP contribution in [-0.4, -0.2) is 18.0 Å². The molecule has 3 N–H and O–H groups in total. The molecule has 6 heteroatoms. The molecular formula is C23H21N5O. The summed E-state index contributed by atoms with van der Waals surface area (Å²) in [6.45, 7) is 0. The molecule has 3 aromatic rings. The number of hydrogen-bond donors (Lipinski definition) is 2. The fourth-order valence-corrected chi connectivity index (χ4v) is 3.37. The summed E-state index contributed by atoms with van der Waals surface area (Å²) < 4.78 is 0. The minimum absolute atomic E-state index is 0.127.